The van der Waals surface area contributed by atoms with E-state index in [-0.39, 0.29) is 18.5 Å². The van der Waals surface area contributed by atoms with E-state index >= 15 is 0 Å². The van der Waals surface area contributed by atoms with E-state index in [4.69, 9.17) is 4.74 Å². The Balaban J connectivity index is 1.57. The molecule has 1 aliphatic rings. The van der Waals surface area contributed by atoms with Crippen LogP contribution < -0.4 is 5.32 Å². The summed E-state index contributed by atoms with van der Waals surface area (Å²) in [7, 11) is 1.35. The minimum atomic E-state index is -0.427. The van der Waals surface area contributed by atoms with Crippen molar-refractivity contribution >= 4 is 33.4 Å². The van der Waals surface area contributed by atoms with Crippen LogP contribution in [0.25, 0.3) is 10.2 Å². The number of methoxy groups -OCH3 is 1. The molecule has 0 radical (unpaired) electrons. The number of benzene rings is 1. The highest BCUT2D eigenvalue weighted by molar-refractivity contribution is 7.16. The molecular weight excluding hydrogens is 348 g/mol. The van der Waals surface area contributed by atoms with Gasteiger partial charge in [-0.3, -0.25) is 4.79 Å². The smallest absolute Gasteiger partial charge is 0.354 e. The quantitative estimate of drug-likeness (QED) is 0.715. The molecule has 5 nitrogen and oxygen atoms in total. The van der Waals surface area contributed by atoms with Crippen molar-refractivity contribution in [1.82, 2.24) is 9.88 Å². The summed E-state index contributed by atoms with van der Waals surface area (Å²) in [5, 5.41) is 6.05. The van der Waals surface area contributed by atoms with E-state index in [0.29, 0.717) is 5.69 Å². The minimum absolute atomic E-state index is 0.0309. The predicted octanol–water partition coefficient (Wildman–Crippen LogP) is 3.68. The molecule has 2 heterocycles. The van der Waals surface area contributed by atoms with Gasteiger partial charge in [0.15, 0.2) is 0 Å². The SMILES string of the molecule is COC(=O)c1cc2ccsc2n1CC(=O)N[C@@H]1CCCc2ccccc21. The van der Waals surface area contributed by atoms with Crippen molar-refractivity contribution in [1.29, 1.82) is 0 Å². The Hall–Kier alpha value is -2.60. The molecule has 1 N–H and O–H groups in total. The summed E-state index contributed by atoms with van der Waals surface area (Å²) >= 11 is 1.51. The molecule has 4 rings (SSSR count). The second-order valence-electron chi connectivity index (χ2n) is 6.50. The van der Waals surface area contributed by atoms with Gasteiger partial charge in [-0.05, 0) is 47.9 Å². The molecule has 1 atom stereocenters. The largest absolute Gasteiger partial charge is 0.464 e. The standard InChI is InChI=1S/C20H20N2O3S/c1-25-20(24)17-11-14-9-10-26-19(14)22(17)12-18(23)21-16-8-4-6-13-5-2-3-7-15(13)16/h2-3,5,7,9-11,16H,4,6,8,12H2,1H3,(H,21,23)/t16-/m1/s1. The van der Waals surface area contributed by atoms with Gasteiger partial charge in [-0.1, -0.05) is 24.3 Å². The highest BCUT2D eigenvalue weighted by atomic mass is 32.1. The normalized spacial score (nSPS) is 16.3. The zero-order valence-corrected chi connectivity index (χ0v) is 15.3. The Morgan fingerprint density at radius 2 is 2.15 bits per heavy atom. The third-order valence-corrected chi connectivity index (χ3v) is 5.85. The molecule has 1 amide bonds. The number of amides is 1. The lowest BCUT2D eigenvalue weighted by molar-refractivity contribution is -0.122. The second-order valence-corrected chi connectivity index (χ2v) is 7.39. The fourth-order valence-electron chi connectivity index (χ4n) is 3.69. The van der Waals surface area contributed by atoms with Crippen LogP contribution in [-0.4, -0.2) is 23.6 Å². The van der Waals surface area contributed by atoms with E-state index in [0.717, 1.165) is 29.5 Å². The number of ether oxygens (including phenoxy) is 1. The summed E-state index contributed by atoms with van der Waals surface area (Å²) in [6.45, 7) is 0.104. The molecular formula is C20H20N2O3S. The fourth-order valence-corrected chi connectivity index (χ4v) is 4.59. The highest BCUT2D eigenvalue weighted by Gasteiger charge is 2.23. The van der Waals surface area contributed by atoms with Gasteiger partial charge in [0.2, 0.25) is 5.91 Å². The Labute approximate surface area is 155 Å². The van der Waals surface area contributed by atoms with Gasteiger partial charge in [-0.25, -0.2) is 4.79 Å². The number of thiophene rings is 1. The number of aromatic nitrogens is 1. The van der Waals surface area contributed by atoms with Crippen LogP contribution in [0.3, 0.4) is 0 Å². The van der Waals surface area contributed by atoms with Gasteiger partial charge in [-0.15, -0.1) is 11.3 Å². The first-order chi connectivity index (χ1) is 12.7. The van der Waals surface area contributed by atoms with Crippen LogP contribution in [0.5, 0.6) is 0 Å². The highest BCUT2D eigenvalue weighted by Crippen LogP contribution is 2.30. The molecule has 0 spiro atoms. The van der Waals surface area contributed by atoms with Gasteiger partial charge in [0.25, 0.3) is 0 Å². The van der Waals surface area contributed by atoms with E-state index in [1.165, 1.54) is 29.6 Å². The first kappa shape index (κ1) is 16.8. The third kappa shape index (κ3) is 3.01. The van der Waals surface area contributed by atoms with Gasteiger partial charge in [0.1, 0.15) is 17.1 Å². The van der Waals surface area contributed by atoms with Crippen molar-refractivity contribution in [2.45, 2.75) is 31.8 Å². The van der Waals surface area contributed by atoms with Gasteiger partial charge < -0.3 is 14.6 Å². The van der Waals surface area contributed by atoms with Crippen molar-refractivity contribution in [3.63, 3.8) is 0 Å². The van der Waals surface area contributed by atoms with Crippen molar-refractivity contribution < 1.29 is 14.3 Å². The maximum absolute atomic E-state index is 12.7. The molecule has 6 heteroatoms. The van der Waals surface area contributed by atoms with E-state index in [1.54, 1.807) is 10.6 Å². The predicted molar refractivity (Wildman–Crippen MR) is 101 cm³/mol. The number of hydrogen-bond donors (Lipinski definition) is 1. The molecule has 0 saturated heterocycles. The third-order valence-electron chi connectivity index (χ3n) is 4.90. The fraction of sp³-hybridized carbons (Fsp3) is 0.300. The summed E-state index contributed by atoms with van der Waals surface area (Å²) in [4.78, 5) is 25.7. The van der Waals surface area contributed by atoms with Crippen LogP contribution >= 0.6 is 11.3 Å². The number of aryl methyl sites for hydroxylation is 1. The minimum Gasteiger partial charge on any atom is -0.464 e. The van der Waals surface area contributed by atoms with Crippen molar-refractivity contribution in [3.05, 3.63) is 58.6 Å². The summed E-state index contributed by atoms with van der Waals surface area (Å²) in [6.07, 6.45) is 3.06. The summed E-state index contributed by atoms with van der Waals surface area (Å²) in [5.41, 5.74) is 2.92. The maximum atomic E-state index is 12.7. The van der Waals surface area contributed by atoms with Crippen molar-refractivity contribution in [2.24, 2.45) is 0 Å². The van der Waals surface area contributed by atoms with Crippen LogP contribution in [0, 0.1) is 0 Å². The lowest BCUT2D eigenvalue weighted by Crippen LogP contribution is -2.34. The first-order valence-corrected chi connectivity index (χ1v) is 9.57. The van der Waals surface area contributed by atoms with Crippen LogP contribution in [0.2, 0.25) is 0 Å². The zero-order valence-electron chi connectivity index (χ0n) is 14.5. The van der Waals surface area contributed by atoms with E-state index in [2.05, 4.69) is 17.4 Å². The first-order valence-electron chi connectivity index (χ1n) is 8.69. The molecule has 134 valence electrons. The van der Waals surface area contributed by atoms with Gasteiger partial charge in [0, 0.05) is 5.39 Å². The van der Waals surface area contributed by atoms with Crippen LogP contribution in [-0.2, 0) is 22.5 Å². The molecule has 0 unspecified atom stereocenters. The number of hydrogen-bond acceptors (Lipinski definition) is 4. The van der Waals surface area contributed by atoms with Crippen LogP contribution in [0.4, 0.5) is 0 Å². The van der Waals surface area contributed by atoms with E-state index < -0.39 is 5.97 Å². The topological polar surface area (TPSA) is 60.3 Å². The molecule has 1 aliphatic carbocycles. The number of rotatable bonds is 4. The number of fused-ring (bicyclic) bond motifs is 2. The van der Waals surface area contributed by atoms with Crippen LogP contribution in [0.15, 0.2) is 41.8 Å². The van der Waals surface area contributed by atoms with Crippen LogP contribution in [0.1, 0.15) is 40.5 Å². The molecule has 26 heavy (non-hydrogen) atoms. The van der Waals surface area contributed by atoms with Gasteiger partial charge >= 0.3 is 5.97 Å². The molecule has 0 saturated carbocycles. The second kappa shape index (κ2) is 6.96. The zero-order chi connectivity index (χ0) is 18.1. The van der Waals surface area contributed by atoms with E-state index in [1.807, 2.05) is 23.6 Å². The molecule has 2 aromatic heterocycles. The monoisotopic (exact) mass is 368 g/mol. The van der Waals surface area contributed by atoms with Crippen molar-refractivity contribution in [2.75, 3.05) is 7.11 Å². The Morgan fingerprint density at radius 3 is 3.00 bits per heavy atom. The molecule has 1 aromatic carbocycles. The van der Waals surface area contributed by atoms with Gasteiger partial charge in [0.05, 0.1) is 13.2 Å². The Morgan fingerprint density at radius 1 is 1.31 bits per heavy atom. The molecule has 0 fully saturated rings. The number of carbonyl (C=O) groups excluding carboxylic acids is 2. The molecule has 3 aromatic rings. The summed E-state index contributed by atoms with van der Waals surface area (Å²) in [6, 6.07) is 12.0. The number of nitrogens with one attached hydrogen (secondary N) is 1. The molecule has 0 bridgehead atoms. The van der Waals surface area contributed by atoms with E-state index in [9.17, 15) is 9.59 Å². The average molecular weight is 368 g/mol. The summed E-state index contributed by atoms with van der Waals surface area (Å²) in [5.74, 6) is -0.521. The Kier molecular flexibility index (Phi) is 4.51. The maximum Gasteiger partial charge on any atom is 0.354 e. The summed E-state index contributed by atoms with van der Waals surface area (Å²) < 4.78 is 6.61. The lowest BCUT2D eigenvalue weighted by atomic mass is 9.88. The lowest BCUT2D eigenvalue weighted by Gasteiger charge is -2.26. The number of esters is 1. The van der Waals surface area contributed by atoms with Crippen molar-refractivity contribution in [3.8, 4) is 0 Å². The number of carbonyl (C=O) groups is 2. The Bertz CT molecular complexity index is 973. The van der Waals surface area contributed by atoms with Gasteiger partial charge in [-0.2, -0.15) is 0 Å². The average Bonchev–Trinajstić information content (AvgIpc) is 3.24. The number of nitrogens with zero attached hydrogens (tertiary/aromatic N) is 1. The molecule has 0 aliphatic heterocycles.